The summed E-state index contributed by atoms with van der Waals surface area (Å²) in [5, 5.41) is 6.28. The third-order valence-electron chi connectivity index (χ3n) is 6.08. The number of likely N-dealkylation sites (tertiary alicyclic amines) is 1. The number of hydrogen-bond donors (Lipinski definition) is 3. The van der Waals surface area contributed by atoms with E-state index in [1.807, 2.05) is 23.7 Å². The Morgan fingerprint density at radius 3 is 2.56 bits per heavy atom. The van der Waals surface area contributed by atoms with E-state index < -0.39 is 5.91 Å². The highest BCUT2D eigenvalue weighted by atomic mass is 16.1. The molecule has 4 heterocycles. The Labute approximate surface area is 197 Å². The summed E-state index contributed by atoms with van der Waals surface area (Å²) in [6.45, 7) is 3.25. The van der Waals surface area contributed by atoms with Gasteiger partial charge in [-0.05, 0) is 43.6 Å². The van der Waals surface area contributed by atoms with Crippen LogP contribution in [0.25, 0.3) is 22.3 Å². The summed E-state index contributed by atoms with van der Waals surface area (Å²) in [5.74, 6) is 0.0952. The van der Waals surface area contributed by atoms with Crippen molar-refractivity contribution in [3.63, 3.8) is 0 Å². The van der Waals surface area contributed by atoms with Crippen LogP contribution in [-0.4, -0.2) is 55.4 Å². The average molecular weight is 458 g/mol. The lowest BCUT2D eigenvalue weighted by Gasteiger charge is -2.16. The Balaban J connectivity index is 1.49. The van der Waals surface area contributed by atoms with Gasteiger partial charge in [0.05, 0.1) is 23.6 Å². The number of amides is 1. The Morgan fingerprint density at radius 1 is 1.09 bits per heavy atom. The number of carbonyl (C=O) groups excluding carboxylic acids is 1. The van der Waals surface area contributed by atoms with Gasteiger partial charge in [0.1, 0.15) is 11.2 Å². The zero-order valence-electron chi connectivity index (χ0n) is 19.2. The Morgan fingerprint density at radius 2 is 1.85 bits per heavy atom. The molecule has 1 fully saturated rings. The minimum absolute atomic E-state index is 0.0445. The van der Waals surface area contributed by atoms with Crippen molar-refractivity contribution >= 4 is 34.3 Å². The Bertz CT molecular complexity index is 1340. The number of aromatic nitrogens is 5. The monoisotopic (exact) mass is 457 g/mol. The van der Waals surface area contributed by atoms with E-state index >= 15 is 0 Å². The van der Waals surface area contributed by atoms with Crippen LogP contribution in [0, 0.1) is 0 Å². The number of aryl methyl sites for hydroxylation is 1. The van der Waals surface area contributed by atoms with Gasteiger partial charge in [0.2, 0.25) is 0 Å². The van der Waals surface area contributed by atoms with E-state index in [-0.39, 0.29) is 11.5 Å². The number of primary amides is 1. The largest absolute Gasteiger partial charge is 0.371 e. The van der Waals surface area contributed by atoms with Gasteiger partial charge in [-0.1, -0.05) is 12.1 Å². The maximum absolute atomic E-state index is 12.3. The number of nitrogens with one attached hydrogen (secondary N) is 2. The van der Waals surface area contributed by atoms with Crippen molar-refractivity contribution in [3.05, 3.63) is 54.2 Å². The summed E-state index contributed by atoms with van der Waals surface area (Å²) in [6, 6.07) is 8.12. The molecule has 0 bridgehead atoms. The minimum Gasteiger partial charge on any atom is -0.371 e. The number of fused-ring (bicyclic) bond motifs is 1. The lowest BCUT2D eigenvalue weighted by Crippen LogP contribution is -2.18. The lowest BCUT2D eigenvalue weighted by molar-refractivity contribution is 0.0996. The minimum atomic E-state index is -0.675. The van der Waals surface area contributed by atoms with E-state index in [2.05, 4.69) is 47.6 Å². The summed E-state index contributed by atoms with van der Waals surface area (Å²) >= 11 is 0. The topological polar surface area (TPSA) is 127 Å². The fourth-order valence-electron chi connectivity index (χ4n) is 4.30. The summed E-state index contributed by atoms with van der Waals surface area (Å²) < 4.78 is 1.87. The van der Waals surface area contributed by atoms with Crippen LogP contribution in [0.5, 0.6) is 0 Å². The molecule has 0 saturated carbocycles. The molecule has 0 atom stereocenters. The van der Waals surface area contributed by atoms with E-state index in [0.717, 1.165) is 30.8 Å². The molecular formula is C24H27N9O. The highest BCUT2D eigenvalue weighted by Gasteiger charge is 2.21. The Hall–Kier alpha value is -4.05. The fourth-order valence-corrected chi connectivity index (χ4v) is 4.30. The van der Waals surface area contributed by atoms with E-state index in [0.29, 0.717) is 22.6 Å². The van der Waals surface area contributed by atoms with Crippen LogP contribution in [-0.2, 0) is 13.6 Å². The molecule has 0 aliphatic carbocycles. The first-order valence-electron chi connectivity index (χ1n) is 11.3. The number of rotatable bonds is 7. The van der Waals surface area contributed by atoms with Crippen molar-refractivity contribution in [2.45, 2.75) is 19.4 Å². The second kappa shape index (κ2) is 9.06. The van der Waals surface area contributed by atoms with E-state index in [4.69, 9.17) is 5.73 Å². The highest BCUT2D eigenvalue weighted by molar-refractivity contribution is 5.99. The first kappa shape index (κ1) is 21.8. The highest BCUT2D eigenvalue weighted by Crippen LogP contribution is 2.32. The zero-order chi connectivity index (χ0) is 23.7. The molecule has 10 nitrogen and oxygen atoms in total. The SMILES string of the molecule is CNc1nc(Nc2ccc(CN3CCCC3)cc2)c(C(N)=O)nc1-c1cncc2c1ncn2C. The lowest BCUT2D eigenvalue weighted by atomic mass is 10.1. The summed E-state index contributed by atoms with van der Waals surface area (Å²) in [4.78, 5) is 32.8. The molecule has 34 heavy (non-hydrogen) atoms. The van der Waals surface area contributed by atoms with Crippen LogP contribution >= 0.6 is 0 Å². The zero-order valence-corrected chi connectivity index (χ0v) is 19.2. The normalized spacial score (nSPS) is 13.9. The molecule has 4 aromatic rings. The molecule has 0 radical (unpaired) electrons. The van der Waals surface area contributed by atoms with Crippen LogP contribution in [0.2, 0.25) is 0 Å². The van der Waals surface area contributed by atoms with Crippen LogP contribution in [0.4, 0.5) is 17.3 Å². The van der Waals surface area contributed by atoms with Crippen molar-refractivity contribution < 1.29 is 4.79 Å². The van der Waals surface area contributed by atoms with Gasteiger partial charge in [-0.3, -0.25) is 14.7 Å². The number of imidazole rings is 1. The third kappa shape index (κ3) is 4.15. The van der Waals surface area contributed by atoms with Gasteiger partial charge < -0.3 is 20.9 Å². The van der Waals surface area contributed by atoms with Gasteiger partial charge in [0.25, 0.3) is 5.91 Å². The van der Waals surface area contributed by atoms with Gasteiger partial charge in [-0.15, -0.1) is 0 Å². The Kier molecular flexibility index (Phi) is 5.81. The molecule has 1 aromatic carbocycles. The molecule has 1 aliphatic heterocycles. The summed E-state index contributed by atoms with van der Waals surface area (Å²) in [7, 11) is 3.64. The molecule has 10 heteroatoms. The second-order valence-corrected chi connectivity index (χ2v) is 8.45. The van der Waals surface area contributed by atoms with Crippen LogP contribution in [0.1, 0.15) is 28.9 Å². The van der Waals surface area contributed by atoms with Gasteiger partial charge in [0.15, 0.2) is 17.3 Å². The van der Waals surface area contributed by atoms with Crippen molar-refractivity contribution in [2.24, 2.45) is 12.8 Å². The molecule has 1 saturated heterocycles. The fraction of sp³-hybridized carbons (Fsp3) is 0.292. The molecule has 1 amide bonds. The third-order valence-corrected chi connectivity index (χ3v) is 6.08. The van der Waals surface area contributed by atoms with Crippen molar-refractivity contribution in [3.8, 4) is 11.3 Å². The van der Waals surface area contributed by atoms with Crippen molar-refractivity contribution in [1.29, 1.82) is 0 Å². The number of pyridine rings is 1. The predicted molar refractivity (Wildman–Crippen MR) is 132 cm³/mol. The predicted octanol–water partition coefficient (Wildman–Crippen LogP) is 2.91. The summed E-state index contributed by atoms with van der Waals surface area (Å²) in [5.41, 5.74) is 10.5. The number of hydrogen-bond acceptors (Lipinski definition) is 8. The van der Waals surface area contributed by atoms with Crippen LogP contribution < -0.4 is 16.4 Å². The molecular weight excluding hydrogens is 430 g/mol. The van der Waals surface area contributed by atoms with Crippen molar-refractivity contribution in [2.75, 3.05) is 30.8 Å². The first-order chi connectivity index (χ1) is 16.5. The number of benzene rings is 1. The van der Waals surface area contributed by atoms with Gasteiger partial charge in [-0.2, -0.15) is 0 Å². The maximum atomic E-state index is 12.3. The molecule has 5 rings (SSSR count). The number of nitrogens with zero attached hydrogens (tertiary/aromatic N) is 6. The molecule has 1 aliphatic rings. The molecule has 3 aromatic heterocycles. The quantitative estimate of drug-likeness (QED) is 0.387. The number of anilines is 3. The molecule has 0 spiro atoms. The van der Waals surface area contributed by atoms with Crippen LogP contribution in [0.15, 0.2) is 43.0 Å². The maximum Gasteiger partial charge on any atom is 0.271 e. The van der Waals surface area contributed by atoms with E-state index in [1.54, 1.807) is 25.8 Å². The van der Waals surface area contributed by atoms with E-state index in [9.17, 15) is 4.79 Å². The summed E-state index contributed by atoms with van der Waals surface area (Å²) in [6.07, 6.45) is 7.64. The molecule has 174 valence electrons. The number of carbonyl (C=O) groups is 1. The standard InChI is InChI=1S/C24H27N9O/c1-26-23-20(17-11-27-12-18-19(17)28-14-32(18)2)30-21(22(25)34)24(31-23)29-16-7-5-15(6-8-16)13-33-9-3-4-10-33/h5-8,11-12,14H,3-4,9-10,13H2,1-2H3,(H2,25,34)(H2,26,29,31). The second-order valence-electron chi connectivity index (χ2n) is 8.45. The molecule has 0 unspecified atom stereocenters. The average Bonchev–Trinajstić information content (AvgIpc) is 3.49. The van der Waals surface area contributed by atoms with E-state index in [1.165, 1.54) is 18.4 Å². The smallest absolute Gasteiger partial charge is 0.271 e. The van der Waals surface area contributed by atoms with Gasteiger partial charge >= 0.3 is 0 Å². The number of nitrogens with two attached hydrogens (primary N) is 1. The van der Waals surface area contributed by atoms with Crippen molar-refractivity contribution in [1.82, 2.24) is 29.4 Å². The molecule has 4 N–H and O–H groups in total. The van der Waals surface area contributed by atoms with Gasteiger partial charge in [0, 0.05) is 32.5 Å². The first-order valence-corrected chi connectivity index (χ1v) is 11.3. The van der Waals surface area contributed by atoms with Crippen LogP contribution in [0.3, 0.4) is 0 Å². The van der Waals surface area contributed by atoms with Gasteiger partial charge in [-0.25, -0.2) is 15.0 Å².